The predicted octanol–water partition coefficient (Wildman–Crippen LogP) is 3.85. The van der Waals surface area contributed by atoms with Crippen molar-refractivity contribution < 1.29 is 17.9 Å². The van der Waals surface area contributed by atoms with Gasteiger partial charge in [0.15, 0.2) is 0 Å². The zero-order chi connectivity index (χ0) is 19.9. The standard InChI is InChI=1S/C19H23BrN2O4S/c1-3-11-26-16-7-8-18(14(2)12-16)22-19(23)9-10-21-27(24,25)17-6-4-5-15(20)13-17/h4-8,12-13,21H,3,9-11H2,1-2H3,(H,22,23). The highest BCUT2D eigenvalue weighted by atomic mass is 79.9. The van der Waals surface area contributed by atoms with E-state index in [1.54, 1.807) is 24.3 Å². The monoisotopic (exact) mass is 454 g/mol. The van der Waals surface area contributed by atoms with Crippen molar-refractivity contribution in [2.45, 2.75) is 31.6 Å². The van der Waals surface area contributed by atoms with E-state index in [-0.39, 0.29) is 23.8 Å². The maximum absolute atomic E-state index is 12.2. The van der Waals surface area contributed by atoms with Gasteiger partial charge in [-0.25, -0.2) is 13.1 Å². The molecule has 0 aromatic heterocycles. The summed E-state index contributed by atoms with van der Waals surface area (Å²) >= 11 is 3.24. The predicted molar refractivity (Wildman–Crippen MR) is 110 cm³/mol. The molecule has 0 radical (unpaired) electrons. The lowest BCUT2D eigenvalue weighted by Gasteiger charge is -2.11. The van der Waals surface area contributed by atoms with Crippen LogP contribution in [0, 0.1) is 6.92 Å². The number of carbonyl (C=O) groups excluding carboxylic acids is 1. The number of aryl methyl sites for hydroxylation is 1. The van der Waals surface area contributed by atoms with Crippen molar-refractivity contribution in [3.63, 3.8) is 0 Å². The average Bonchev–Trinajstić information content (AvgIpc) is 2.62. The van der Waals surface area contributed by atoms with E-state index < -0.39 is 10.0 Å². The summed E-state index contributed by atoms with van der Waals surface area (Å²) in [5, 5.41) is 2.79. The summed E-state index contributed by atoms with van der Waals surface area (Å²) in [6.07, 6.45) is 0.953. The number of sulfonamides is 1. The highest BCUT2D eigenvalue weighted by Gasteiger charge is 2.14. The number of carbonyl (C=O) groups is 1. The molecule has 0 aliphatic carbocycles. The van der Waals surface area contributed by atoms with Crippen molar-refractivity contribution in [1.29, 1.82) is 0 Å². The second kappa shape index (κ2) is 9.87. The zero-order valence-electron chi connectivity index (χ0n) is 15.3. The second-order valence-electron chi connectivity index (χ2n) is 5.98. The van der Waals surface area contributed by atoms with Crippen LogP contribution in [0.5, 0.6) is 5.75 Å². The van der Waals surface area contributed by atoms with E-state index in [2.05, 4.69) is 26.0 Å². The first kappa shape index (κ1) is 21.4. The van der Waals surface area contributed by atoms with Crippen molar-refractivity contribution >= 4 is 37.5 Å². The molecule has 27 heavy (non-hydrogen) atoms. The van der Waals surface area contributed by atoms with E-state index in [0.717, 1.165) is 17.7 Å². The Kier molecular flexibility index (Phi) is 7.82. The van der Waals surface area contributed by atoms with E-state index >= 15 is 0 Å². The Bertz CT molecular complexity index is 900. The van der Waals surface area contributed by atoms with Crippen LogP contribution in [0.1, 0.15) is 25.3 Å². The third-order valence-electron chi connectivity index (χ3n) is 3.70. The van der Waals surface area contributed by atoms with Gasteiger partial charge in [0, 0.05) is 23.1 Å². The highest BCUT2D eigenvalue weighted by molar-refractivity contribution is 9.10. The van der Waals surface area contributed by atoms with E-state index in [4.69, 9.17) is 4.74 Å². The first-order valence-corrected chi connectivity index (χ1v) is 10.9. The number of nitrogens with one attached hydrogen (secondary N) is 2. The molecule has 8 heteroatoms. The number of ether oxygens (including phenoxy) is 1. The maximum atomic E-state index is 12.2. The molecule has 0 aliphatic rings. The fraction of sp³-hybridized carbons (Fsp3) is 0.316. The Morgan fingerprint density at radius 1 is 1.19 bits per heavy atom. The number of anilines is 1. The first-order chi connectivity index (χ1) is 12.8. The minimum absolute atomic E-state index is 0.0113. The number of halogens is 1. The fourth-order valence-corrected chi connectivity index (χ4v) is 3.94. The maximum Gasteiger partial charge on any atom is 0.240 e. The van der Waals surface area contributed by atoms with Gasteiger partial charge in [0.25, 0.3) is 0 Å². The molecule has 0 heterocycles. The van der Waals surface area contributed by atoms with Crippen LogP contribution < -0.4 is 14.8 Å². The largest absolute Gasteiger partial charge is 0.494 e. The molecule has 2 aromatic carbocycles. The third kappa shape index (κ3) is 6.64. The zero-order valence-corrected chi connectivity index (χ0v) is 17.7. The van der Waals surface area contributed by atoms with E-state index in [0.29, 0.717) is 16.8 Å². The summed E-state index contributed by atoms with van der Waals surface area (Å²) in [6, 6.07) is 11.8. The van der Waals surface area contributed by atoms with Crippen LogP contribution in [-0.2, 0) is 14.8 Å². The lowest BCUT2D eigenvalue weighted by Crippen LogP contribution is -2.28. The van der Waals surface area contributed by atoms with Gasteiger partial charge in [0.1, 0.15) is 5.75 Å². The van der Waals surface area contributed by atoms with Crippen LogP contribution >= 0.6 is 15.9 Å². The number of rotatable bonds is 9. The normalized spacial score (nSPS) is 11.2. The molecular weight excluding hydrogens is 432 g/mol. The van der Waals surface area contributed by atoms with Gasteiger partial charge < -0.3 is 10.1 Å². The van der Waals surface area contributed by atoms with Crippen molar-refractivity contribution in [3.05, 3.63) is 52.5 Å². The van der Waals surface area contributed by atoms with Gasteiger partial charge in [-0.05, 0) is 55.3 Å². The van der Waals surface area contributed by atoms with Gasteiger partial charge in [-0.2, -0.15) is 0 Å². The molecule has 0 saturated carbocycles. The van der Waals surface area contributed by atoms with Crippen molar-refractivity contribution in [1.82, 2.24) is 4.72 Å². The molecule has 0 saturated heterocycles. The van der Waals surface area contributed by atoms with Crippen LogP contribution in [-0.4, -0.2) is 27.5 Å². The smallest absolute Gasteiger partial charge is 0.240 e. The Morgan fingerprint density at radius 3 is 2.63 bits per heavy atom. The van der Waals surface area contributed by atoms with E-state index in [1.165, 1.54) is 12.1 Å². The van der Waals surface area contributed by atoms with Crippen molar-refractivity contribution in [3.8, 4) is 5.75 Å². The van der Waals surface area contributed by atoms with Crippen LogP contribution in [0.3, 0.4) is 0 Å². The molecule has 146 valence electrons. The molecule has 0 atom stereocenters. The van der Waals surface area contributed by atoms with Crippen LogP contribution in [0.4, 0.5) is 5.69 Å². The van der Waals surface area contributed by atoms with E-state index in [1.807, 2.05) is 19.9 Å². The molecule has 0 fully saturated rings. The lowest BCUT2D eigenvalue weighted by molar-refractivity contribution is -0.116. The van der Waals surface area contributed by atoms with Crippen LogP contribution in [0.2, 0.25) is 0 Å². The van der Waals surface area contributed by atoms with Crippen LogP contribution in [0.15, 0.2) is 51.8 Å². The molecule has 1 amide bonds. The minimum Gasteiger partial charge on any atom is -0.494 e. The topological polar surface area (TPSA) is 84.5 Å². The lowest BCUT2D eigenvalue weighted by atomic mass is 10.2. The number of benzene rings is 2. The van der Waals surface area contributed by atoms with Crippen LogP contribution in [0.25, 0.3) is 0 Å². The number of hydrogen-bond acceptors (Lipinski definition) is 4. The molecule has 0 spiro atoms. The summed E-state index contributed by atoms with van der Waals surface area (Å²) < 4.78 is 33.1. The van der Waals surface area contributed by atoms with Gasteiger partial charge in [-0.3, -0.25) is 4.79 Å². The third-order valence-corrected chi connectivity index (χ3v) is 5.65. The van der Waals surface area contributed by atoms with Crippen molar-refractivity contribution in [2.75, 3.05) is 18.5 Å². The van der Waals surface area contributed by atoms with Gasteiger partial charge in [-0.1, -0.05) is 28.9 Å². The Balaban J connectivity index is 1.87. The molecule has 2 rings (SSSR count). The summed E-state index contributed by atoms with van der Waals surface area (Å²) in [5.41, 5.74) is 1.56. The summed E-state index contributed by atoms with van der Waals surface area (Å²) in [4.78, 5) is 12.3. The molecule has 2 N–H and O–H groups in total. The molecule has 2 aromatic rings. The SMILES string of the molecule is CCCOc1ccc(NC(=O)CCNS(=O)(=O)c2cccc(Br)c2)c(C)c1. The summed E-state index contributed by atoms with van der Waals surface area (Å²) in [7, 11) is -3.65. The fourth-order valence-electron chi connectivity index (χ4n) is 2.32. The van der Waals surface area contributed by atoms with E-state index in [9.17, 15) is 13.2 Å². The quantitative estimate of drug-likeness (QED) is 0.602. The number of hydrogen-bond donors (Lipinski definition) is 2. The van der Waals surface area contributed by atoms with Gasteiger partial charge in [-0.15, -0.1) is 0 Å². The summed E-state index contributed by atoms with van der Waals surface area (Å²) in [5.74, 6) is 0.492. The second-order valence-corrected chi connectivity index (χ2v) is 8.66. The number of amides is 1. The minimum atomic E-state index is -3.65. The van der Waals surface area contributed by atoms with Crippen molar-refractivity contribution in [2.24, 2.45) is 0 Å². The Morgan fingerprint density at radius 2 is 1.96 bits per heavy atom. The average molecular weight is 455 g/mol. The molecule has 0 bridgehead atoms. The first-order valence-electron chi connectivity index (χ1n) is 8.60. The van der Waals surface area contributed by atoms with Gasteiger partial charge in [0.05, 0.1) is 11.5 Å². The molecule has 0 aliphatic heterocycles. The molecule has 0 unspecified atom stereocenters. The molecule has 6 nitrogen and oxygen atoms in total. The van der Waals surface area contributed by atoms with Gasteiger partial charge in [0.2, 0.25) is 15.9 Å². The Hall–Kier alpha value is -1.90. The molecular formula is C19H23BrN2O4S. The highest BCUT2D eigenvalue weighted by Crippen LogP contribution is 2.21. The summed E-state index contributed by atoms with van der Waals surface area (Å²) in [6.45, 7) is 4.57. The van der Waals surface area contributed by atoms with Gasteiger partial charge >= 0.3 is 0 Å². The Labute approximate surface area is 168 Å².